The zero-order chi connectivity index (χ0) is 14.5. The summed E-state index contributed by atoms with van der Waals surface area (Å²) in [6.45, 7) is 2.25. The van der Waals surface area contributed by atoms with E-state index in [9.17, 15) is 0 Å². The predicted molar refractivity (Wildman–Crippen MR) is 93.3 cm³/mol. The van der Waals surface area contributed by atoms with Crippen molar-refractivity contribution in [1.29, 1.82) is 0 Å². The third-order valence-corrected chi connectivity index (χ3v) is 5.15. The standard InChI is InChI=1S/C17H21NS2/c1-13(14-5-9-16(19-3)10-6-14)18(2)15-7-11-17(20-4)12-8-15/h5-13H,1-4H3/t13-/m0/s1. The first kappa shape index (κ1) is 15.3. The minimum Gasteiger partial charge on any atom is -0.368 e. The van der Waals surface area contributed by atoms with Crippen molar-refractivity contribution in [2.45, 2.75) is 22.8 Å². The second kappa shape index (κ2) is 7.09. The first-order valence-electron chi connectivity index (χ1n) is 6.66. The maximum atomic E-state index is 2.32. The molecule has 0 aliphatic heterocycles. The Labute approximate surface area is 130 Å². The van der Waals surface area contributed by atoms with Gasteiger partial charge in [-0.2, -0.15) is 0 Å². The van der Waals surface area contributed by atoms with Crippen molar-refractivity contribution >= 4 is 29.2 Å². The van der Waals surface area contributed by atoms with Gasteiger partial charge in [-0.3, -0.25) is 0 Å². The average molecular weight is 303 g/mol. The highest BCUT2D eigenvalue weighted by molar-refractivity contribution is 7.98. The Bertz CT molecular complexity index is 482. The second-order valence-corrected chi connectivity index (χ2v) is 6.52. The van der Waals surface area contributed by atoms with Crippen LogP contribution in [-0.4, -0.2) is 19.6 Å². The van der Waals surface area contributed by atoms with Crippen LogP contribution in [0.5, 0.6) is 0 Å². The van der Waals surface area contributed by atoms with E-state index < -0.39 is 0 Å². The summed E-state index contributed by atoms with van der Waals surface area (Å²) in [5, 5.41) is 0. The van der Waals surface area contributed by atoms with E-state index in [4.69, 9.17) is 0 Å². The van der Waals surface area contributed by atoms with Crippen molar-refractivity contribution in [3.8, 4) is 0 Å². The van der Waals surface area contributed by atoms with Crippen LogP contribution in [0, 0.1) is 0 Å². The Kier molecular flexibility index (Phi) is 5.44. The van der Waals surface area contributed by atoms with E-state index in [0.717, 1.165) is 0 Å². The van der Waals surface area contributed by atoms with Gasteiger partial charge in [0.05, 0.1) is 6.04 Å². The minimum atomic E-state index is 0.367. The summed E-state index contributed by atoms with van der Waals surface area (Å²) in [6, 6.07) is 18.0. The quantitative estimate of drug-likeness (QED) is 0.687. The van der Waals surface area contributed by atoms with E-state index in [1.807, 2.05) is 0 Å². The number of nitrogens with zero attached hydrogens (tertiary/aromatic N) is 1. The van der Waals surface area contributed by atoms with Crippen molar-refractivity contribution in [2.75, 3.05) is 24.5 Å². The van der Waals surface area contributed by atoms with E-state index in [1.54, 1.807) is 23.5 Å². The number of rotatable bonds is 5. The van der Waals surface area contributed by atoms with Crippen LogP contribution < -0.4 is 4.90 Å². The van der Waals surface area contributed by atoms with E-state index in [1.165, 1.54) is 21.0 Å². The van der Waals surface area contributed by atoms with E-state index in [2.05, 4.69) is 79.9 Å². The molecule has 0 saturated heterocycles. The lowest BCUT2D eigenvalue weighted by molar-refractivity contribution is 0.739. The molecule has 0 aliphatic rings. The van der Waals surface area contributed by atoms with Crippen LogP contribution in [0.15, 0.2) is 58.3 Å². The van der Waals surface area contributed by atoms with Crippen LogP contribution >= 0.6 is 23.5 Å². The molecule has 2 rings (SSSR count). The predicted octanol–water partition coefficient (Wildman–Crippen LogP) is 5.33. The number of hydrogen-bond donors (Lipinski definition) is 0. The SMILES string of the molecule is CSc1ccc([C@H](C)N(C)c2ccc(SC)cc2)cc1. The molecule has 0 saturated carbocycles. The van der Waals surface area contributed by atoms with Gasteiger partial charge in [0.25, 0.3) is 0 Å². The van der Waals surface area contributed by atoms with Gasteiger partial charge in [0.2, 0.25) is 0 Å². The molecule has 0 bridgehead atoms. The lowest BCUT2D eigenvalue weighted by Gasteiger charge is -2.27. The largest absolute Gasteiger partial charge is 0.368 e. The first-order chi connectivity index (χ1) is 9.65. The first-order valence-corrected chi connectivity index (χ1v) is 9.11. The molecular weight excluding hydrogens is 282 g/mol. The highest BCUT2D eigenvalue weighted by Gasteiger charge is 2.12. The molecule has 0 aliphatic carbocycles. The fourth-order valence-electron chi connectivity index (χ4n) is 2.15. The van der Waals surface area contributed by atoms with E-state index in [-0.39, 0.29) is 0 Å². The molecule has 1 nitrogen and oxygen atoms in total. The van der Waals surface area contributed by atoms with Crippen molar-refractivity contribution in [2.24, 2.45) is 0 Å². The molecule has 2 aromatic carbocycles. The van der Waals surface area contributed by atoms with Crippen molar-refractivity contribution < 1.29 is 0 Å². The number of hydrogen-bond acceptors (Lipinski definition) is 3. The average Bonchev–Trinajstić information content (AvgIpc) is 2.53. The lowest BCUT2D eigenvalue weighted by Crippen LogP contribution is -2.21. The van der Waals surface area contributed by atoms with Crippen molar-refractivity contribution in [3.05, 3.63) is 54.1 Å². The third-order valence-electron chi connectivity index (χ3n) is 3.66. The number of thioether (sulfide) groups is 2. The maximum absolute atomic E-state index is 2.32. The van der Waals surface area contributed by atoms with Gasteiger partial charge < -0.3 is 4.90 Å². The molecule has 106 valence electrons. The fraction of sp³-hybridized carbons (Fsp3) is 0.294. The van der Waals surface area contributed by atoms with E-state index in [0.29, 0.717) is 6.04 Å². The summed E-state index contributed by atoms with van der Waals surface area (Å²) in [5.74, 6) is 0. The van der Waals surface area contributed by atoms with Gasteiger partial charge >= 0.3 is 0 Å². The summed E-state index contributed by atoms with van der Waals surface area (Å²) in [4.78, 5) is 4.94. The Morgan fingerprint density at radius 1 is 0.800 bits per heavy atom. The summed E-state index contributed by atoms with van der Waals surface area (Å²) < 4.78 is 0. The van der Waals surface area contributed by atoms with Crippen LogP contribution in [0.4, 0.5) is 5.69 Å². The van der Waals surface area contributed by atoms with Crippen LogP contribution in [0.25, 0.3) is 0 Å². The van der Waals surface area contributed by atoms with Crippen molar-refractivity contribution in [1.82, 2.24) is 0 Å². The van der Waals surface area contributed by atoms with Gasteiger partial charge in [-0.05, 0) is 61.4 Å². The van der Waals surface area contributed by atoms with Crippen molar-refractivity contribution in [3.63, 3.8) is 0 Å². The van der Waals surface area contributed by atoms with Gasteiger partial charge in [-0.1, -0.05) is 12.1 Å². The smallest absolute Gasteiger partial charge is 0.0511 e. The molecule has 0 amide bonds. The summed E-state index contributed by atoms with van der Waals surface area (Å²) >= 11 is 3.56. The zero-order valence-electron chi connectivity index (χ0n) is 12.5. The molecule has 0 aromatic heterocycles. The maximum Gasteiger partial charge on any atom is 0.0511 e. The highest BCUT2D eigenvalue weighted by Crippen LogP contribution is 2.28. The summed E-state index contributed by atoms with van der Waals surface area (Å²) in [7, 11) is 2.15. The highest BCUT2D eigenvalue weighted by atomic mass is 32.2. The summed E-state index contributed by atoms with van der Waals surface area (Å²) in [5.41, 5.74) is 2.60. The molecule has 0 unspecified atom stereocenters. The molecule has 0 fully saturated rings. The summed E-state index contributed by atoms with van der Waals surface area (Å²) in [6.07, 6.45) is 4.21. The minimum absolute atomic E-state index is 0.367. The Morgan fingerprint density at radius 2 is 1.25 bits per heavy atom. The van der Waals surface area contributed by atoms with Gasteiger partial charge in [0.15, 0.2) is 0 Å². The van der Waals surface area contributed by atoms with Gasteiger partial charge in [0.1, 0.15) is 0 Å². The van der Waals surface area contributed by atoms with Gasteiger partial charge in [-0.15, -0.1) is 23.5 Å². The van der Waals surface area contributed by atoms with Crippen LogP contribution in [0.3, 0.4) is 0 Å². The molecule has 3 heteroatoms. The zero-order valence-corrected chi connectivity index (χ0v) is 14.1. The van der Waals surface area contributed by atoms with Gasteiger partial charge in [-0.25, -0.2) is 0 Å². The van der Waals surface area contributed by atoms with Crippen LogP contribution in [-0.2, 0) is 0 Å². The number of anilines is 1. The third kappa shape index (κ3) is 3.53. The van der Waals surface area contributed by atoms with Gasteiger partial charge in [0, 0.05) is 22.5 Å². The number of benzene rings is 2. The molecule has 20 heavy (non-hydrogen) atoms. The Hall–Kier alpha value is -1.06. The molecular formula is C17H21NS2. The fourth-order valence-corrected chi connectivity index (χ4v) is 2.96. The molecule has 2 aromatic rings. The Morgan fingerprint density at radius 3 is 1.70 bits per heavy atom. The normalized spacial score (nSPS) is 12.2. The second-order valence-electron chi connectivity index (χ2n) is 4.76. The van der Waals surface area contributed by atoms with Crippen LogP contribution in [0.1, 0.15) is 18.5 Å². The van der Waals surface area contributed by atoms with Crippen LogP contribution in [0.2, 0.25) is 0 Å². The topological polar surface area (TPSA) is 3.24 Å². The molecule has 0 spiro atoms. The molecule has 0 heterocycles. The molecule has 0 N–H and O–H groups in total. The molecule has 1 atom stereocenters. The molecule has 0 radical (unpaired) electrons. The Balaban J connectivity index is 2.15. The monoisotopic (exact) mass is 303 g/mol. The van der Waals surface area contributed by atoms with E-state index >= 15 is 0 Å². The lowest BCUT2D eigenvalue weighted by atomic mass is 10.1.